The number of fused-ring (bicyclic) bond motifs is 1. The summed E-state index contributed by atoms with van der Waals surface area (Å²) in [6.45, 7) is 0.776. The lowest BCUT2D eigenvalue weighted by Gasteiger charge is -2.10. The van der Waals surface area contributed by atoms with Crippen LogP contribution < -0.4 is 15.2 Å². The molecule has 4 rings (SSSR count). The molecule has 184 valence electrons. The van der Waals surface area contributed by atoms with Gasteiger partial charge in [0.2, 0.25) is 5.91 Å². The Hall–Kier alpha value is -2.22. The highest BCUT2D eigenvalue weighted by Crippen LogP contribution is 2.36. The molecule has 3 aromatic rings. The van der Waals surface area contributed by atoms with Gasteiger partial charge < -0.3 is 36.2 Å². The number of rotatable bonds is 9. The minimum atomic E-state index is -0.307. The van der Waals surface area contributed by atoms with Crippen molar-refractivity contribution in [2.45, 2.75) is 30.7 Å². The molecular formula is C21H32N4O5S3. The van der Waals surface area contributed by atoms with Crippen LogP contribution in [0.15, 0.2) is 44.9 Å². The summed E-state index contributed by atoms with van der Waals surface area (Å²) < 4.78 is 10.2. The molecule has 0 saturated carbocycles. The molecular weight excluding hydrogens is 484 g/mol. The molecule has 9 nitrogen and oxygen atoms in total. The van der Waals surface area contributed by atoms with Crippen molar-refractivity contribution in [2.75, 3.05) is 24.5 Å². The van der Waals surface area contributed by atoms with Crippen molar-refractivity contribution in [3.05, 3.63) is 41.4 Å². The molecule has 9 N–H and O–H groups in total. The number of hydrogen-bond donors (Lipinski definition) is 4. The first-order chi connectivity index (χ1) is 14.1. The number of nitrogens with zero attached hydrogens (tertiary/aromatic N) is 1. The van der Waals surface area contributed by atoms with Crippen molar-refractivity contribution >= 4 is 62.6 Å². The van der Waals surface area contributed by atoms with Crippen LogP contribution in [0, 0.1) is 0 Å². The molecule has 1 aromatic carbocycles. The highest BCUT2D eigenvalue weighted by molar-refractivity contribution is 8.15. The third-order valence-electron chi connectivity index (χ3n) is 4.19. The van der Waals surface area contributed by atoms with Crippen LogP contribution in [0.3, 0.4) is 0 Å². The van der Waals surface area contributed by atoms with Crippen molar-refractivity contribution < 1.29 is 25.6 Å². The number of aromatic amines is 1. The molecule has 1 aliphatic rings. The standard InChI is InChI=1S/C19H20N4O3S3.2CH4.2H2O/c20-16(25)9-13-10-21-19(28-13)15-7-11-6-12(26-4-3-24)8-14(18(11)22-15)23-29-17-2-1-5-27-17;;;;/h1-2,5-8,13,22-24H,3-4,9-10H2,(H2,20,25);2*1H4;2*1H2. The van der Waals surface area contributed by atoms with Gasteiger partial charge >= 0.3 is 0 Å². The summed E-state index contributed by atoms with van der Waals surface area (Å²) in [4.78, 5) is 19.2. The number of hydrogen-bond acceptors (Lipinski definition) is 8. The number of nitrogens with one attached hydrogen (secondary N) is 2. The highest BCUT2D eigenvalue weighted by atomic mass is 32.2. The zero-order valence-corrected chi connectivity index (χ0v) is 18.8. The van der Waals surface area contributed by atoms with E-state index in [2.05, 4.69) is 20.8 Å². The first-order valence-electron chi connectivity index (χ1n) is 8.99. The van der Waals surface area contributed by atoms with Crippen LogP contribution in [0.4, 0.5) is 5.69 Å². The Bertz CT molecular complexity index is 1040. The van der Waals surface area contributed by atoms with E-state index in [1.54, 1.807) is 23.1 Å². The molecule has 0 radical (unpaired) electrons. The van der Waals surface area contributed by atoms with Gasteiger partial charge in [-0.2, -0.15) is 0 Å². The summed E-state index contributed by atoms with van der Waals surface area (Å²) in [6.07, 6.45) is 0.321. The number of carbonyl (C=O) groups excluding carboxylic acids is 1. The van der Waals surface area contributed by atoms with E-state index >= 15 is 0 Å². The number of carbonyl (C=O) groups is 1. The lowest BCUT2D eigenvalue weighted by atomic mass is 10.2. The first kappa shape index (κ1) is 30.8. The molecule has 1 atom stereocenters. The second-order valence-corrected chi connectivity index (χ2v) is 9.73. The van der Waals surface area contributed by atoms with Gasteiger partial charge in [-0.25, -0.2) is 0 Å². The number of aliphatic hydroxyl groups is 1. The summed E-state index contributed by atoms with van der Waals surface area (Å²) in [5.74, 6) is 0.373. The molecule has 0 fully saturated rings. The number of thiophene rings is 1. The van der Waals surface area contributed by atoms with E-state index in [1.807, 2.05) is 29.6 Å². The van der Waals surface area contributed by atoms with E-state index in [9.17, 15) is 4.79 Å². The van der Waals surface area contributed by atoms with Crippen LogP contribution in [0.2, 0.25) is 0 Å². The maximum atomic E-state index is 11.2. The fourth-order valence-corrected chi connectivity index (χ4v) is 5.53. The Kier molecular flexibility index (Phi) is 13.2. The Morgan fingerprint density at radius 2 is 2.12 bits per heavy atom. The molecule has 1 aliphatic heterocycles. The zero-order chi connectivity index (χ0) is 20.2. The molecule has 0 spiro atoms. The van der Waals surface area contributed by atoms with Crippen molar-refractivity contribution in [3.8, 4) is 5.75 Å². The minimum absolute atomic E-state index is 0. The SMILES string of the molecule is C.C.NC(=O)CC1CN=C(c2cc3cc(OCCO)cc(NSc4cccs4)c3[nH]2)S1.O.O. The van der Waals surface area contributed by atoms with Gasteiger partial charge in [0, 0.05) is 23.1 Å². The molecule has 3 heterocycles. The average Bonchev–Trinajstić information content (AvgIpc) is 3.44. The van der Waals surface area contributed by atoms with Crippen LogP contribution in [0.25, 0.3) is 10.9 Å². The van der Waals surface area contributed by atoms with Gasteiger partial charge in [-0.15, -0.1) is 11.3 Å². The van der Waals surface area contributed by atoms with Crippen molar-refractivity contribution in [1.82, 2.24) is 4.98 Å². The molecule has 1 amide bonds. The summed E-state index contributed by atoms with van der Waals surface area (Å²) in [6, 6.07) is 9.94. The molecule has 0 saturated heterocycles. The van der Waals surface area contributed by atoms with Crippen molar-refractivity contribution in [3.63, 3.8) is 0 Å². The van der Waals surface area contributed by atoms with Gasteiger partial charge in [0.25, 0.3) is 0 Å². The van der Waals surface area contributed by atoms with E-state index in [1.165, 1.54) is 11.9 Å². The second-order valence-electron chi connectivity index (χ2n) is 6.38. The van der Waals surface area contributed by atoms with Crippen LogP contribution in [0.1, 0.15) is 27.0 Å². The van der Waals surface area contributed by atoms with Crippen LogP contribution in [0.5, 0.6) is 5.75 Å². The lowest BCUT2D eigenvalue weighted by Crippen LogP contribution is -2.18. The summed E-state index contributed by atoms with van der Waals surface area (Å²) in [5.41, 5.74) is 8.05. The zero-order valence-electron chi connectivity index (χ0n) is 16.4. The maximum Gasteiger partial charge on any atom is 0.218 e. The molecule has 1 unspecified atom stereocenters. The van der Waals surface area contributed by atoms with E-state index < -0.39 is 0 Å². The third-order valence-corrected chi connectivity index (χ3v) is 7.28. The number of primary amides is 1. The highest BCUT2D eigenvalue weighted by Gasteiger charge is 2.24. The number of benzene rings is 1. The van der Waals surface area contributed by atoms with E-state index in [4.69, 9.17) is 15.6 Å². The predicted octanol–water partition coefficient (Wildman–Crippen LogP) is 3.08. The Morgan fingerprint density at radius 1 is 1.33 bits per heavy atom. The van der Waals surface area contributed by atoms with Crippen LogP contribution in [-0.4, -0.2) is 57.0 Å². The van der Waals surface area contributed by atoms with Gasteiger partial charge in [0.15, 0.2) is 0 Å². The molecule has 2 aromatic heterocycles. The van der Waals surface area contributed by atoms with E-state index in [0.29, 0.717) is 18.7 Å². The topological polar surface area (TPSA) is 176 Å². The van der Waals surface area contributed by atoms with Crippen LogP contribution >= 0.6 is 35.0 Å². The smallest absolute Gasteiger partial charge is 0.218 e. The number of thioether (sulfide) groups is 1. The average molecular weight is 517 g/mol. The number of nitrogens with two attached hydrogens (primary N) is 1. The Morgan fingerprint density at radius 3 is 2.79 bits per heavy atom. The number of aliphatic hydroxyl groups excluding tert-OH is 1. The fourth-order valence-electron chi connectivity index (χ4n) is 2.98. The molecule has 0 bridgehead atoms. The summed E-state index contributed by atoms with van der Waals surface area (Å²) in [7, 11) is 0. The third kappa shape index (κ3) is 7.66. The lowest BCUT2D eigenvalue weighted by molar-refractivity contribution is -0.117. The number of aromatic nitrogens is 1. The van der Waals surface area contributed by atoms with Gasteiger partial charge in [-0.3, -0.25) is 9.79 Å². The van der Waals surface area contributed by atoms with Gasteiger partial charge in [0.05, 0.1) is 34.3 Å². The number of H-pyrrole nitrogens is 1. The molecule has 0 aliphatic carbocycles. The van der Waals surface area contributed by atoms with Gasteiger partial charge in [-0.05, 0) is 35.5 Å². The van der Waals surface area contributed by atoms with Crippen LogP contribution in [-0.2, 0) is 4.79 Å². The molecule has 12 heteroatoms. The van der Waals surface area contributed by atoms with Crippen molar-refractivity contribution in [1.29, 1.82) is 0 Å². The summed E-state index contributed by atoms with van der Waals surface area (Å²) >= 11 is 4.77. The number of anilines is 1. The quantitative estimate of drug-likeness (QED) is 0.318. The van der Waals surface area contributed by atoms with E-state index in [0.717, 1.165) is 31.5 Å². The summed E-state index contributed by atoms with van der Waals surface area (Å²) in [5, 5.41) is 13.0. The monoisotopic (exact) mass is 516 g/mol. The first-order valence-corrected chi connectivity index (χ1v) is 11.6. The largest absolute Gasteiger partial charge is 0.491 e. The van der Waals surface area contributed by atoms with Gasteiger partial charge in [-0.1, -0.05) is 32.7 Å². The minimum Gasteiger partial charge on any atom is -0.491 e. The maximum absolute atomic E-state index is 11.2. The number of aliphatic imine (C=N–C) groups is 1. The van der Waals surface area contributed by atoms with E-state index in [-0.39, 0.29) is 50.2 Å². The second kappa shape index (κ2) is 14.1. The fraction of sp³-hybridized carbons (Fsp3) is 0.333. The number of amides is 1. The predicted molar refractivity (Wildman–Crippen MR) is 142 cm³/mol. The Labute approximate surface area is 206 Å². The normalized spacial score (nSPS) is 14.2. The molecule has 33 heavy (non-hydrogen) atoms. The number of ether oxygens (including phenoxy) is 1. The van der Waals surface area contributed by atoms with Crippen molar-refractivity contribution in [2.24, 2.45) is 10.7 Å². The van der Waals surface area contributed by atoms with Gasteiger partial charge in [0.1, 0.15) is 17.4 Å². The Balaban J connectivity index is 0.00000256.